The molecular formula is C40H26N2. The highest BCUT2D eigenvalue weighted by Crippen LogP contribution is 2.43. The fraction of sp³-hybridized carbons (Fsp3) is 0. The van der Waals surface area contributed by atoms with Crippen LogP contribution in [0.25, 0.3) is 76.9 Å². The van der Waals surface area contributed by atoms with Crippen molar-refractivity contribution in [3.05, 3.63) is 158 Å². The maximum absolute atomic E-state index is 2.46. The van der Waals surface area contributed by atoms with E-state index in [-0.39, 0.29) is 0 Å². The van der Waals surface area contributed by atoms with Gasteiger partial charge in [0, 0.05) is 32.8 Å². The van der Waals surface area contributed by atoms with Crippen LogP contribution < -0.4 is 0 Å². The van der Waals surface area contributed by atoms with Crippen molar-refractivity contribution in [1.82, 2.24) is 9.13 Å². The Morgan fingerprint density at radius 1 is 0.357 bits per heavy atom. The smallest absolute Gasteiger partial charge is 0.0549 e. The van der Waals surface area contributed by atoms with E-state index in [1.54, 1.807) is 0 Å². The first-order chi connectivity index (χ1) is 20.9. The van der Waals surface area contributed by atoms with Gasteiger partial charge in [0.2, 0.25) is 0 Å². The molecule has 0 unspecified atom stereocenters. The minimum atomic E-state index is 1.17. The van der Waals surface area contributed by atoms with Crippen LogP contribution in [0, 0.1) is 0 Å². The van der Waals surface area contributed by atoms with Crippen molar-refractivity contribution in [2.24, 2.45) is 0 Å². The zero-order valence-electron chi connectivity index (χ0n) is 22.9. The van der Waals surface area contributed by atoms with Crippen LogP contribution in [0.3, 0.4) is 0 Å². The average Bonchev–Trinajstić information content (AvgIpc) is 3.58. The molecule has 0 fully saturated rings. The summed E-state index contributed by atoms with van der Waals surface area (Å²) in [5, 5.41) is 7.64. The number of hydrogen-bond acceptors (Lipinski definition) is 0. The van der Waals surface area contributed by atoms with E-state index in [1.165, 1.54) is 76.9 Å². The summed E-state index contributed by atoms with van der Waals surface area (Å²) in [7, 11) is 0. The Balaban J connectivity index is 1.41. The van der Waals surface area contributed by atoms with Crippen LogP contribution in [-0.2, 0) is 0 Å². The minimum Gasteiger partial charge on any atom is -0.309 e. The lowest BCUT2D eigenvalue weighted by Gasteiger charge is -2.14. The van der Waals surface area contributed by atoms with E-state index in [1.807, 2.05) is 0 Å². The van der Waals surface area contributed by atoms with E-state index in [4.69, 9.17) is 0 Å². The van der Waals surface area contributed by atoms with Gasteiger partial charge in [0.15, 0.2) is 0 Å². The molecule has 0 radical (unpaired) electrons. The van der Waals surface area contributed by atoms with Gasteiger partial charge in [-0.1, -0.05) is 109 Å². The molecule has 2 heterocycles. The zero-order chi connectivity index (χ0) is 27.6. The van der Waals surface area contributed by atoms with Crippen LogP contribution in [0.2, 0.25) is 0 Å². The Hall–Kier alpha value is -5.60. The second-order valence-corrected chi connectivity index (χ2v) is 11.0. The molecule has 0 bridgehead atoms. The predicted octanol–water partition coefficient (Wildman–Crippen LogP) is 10.7. The first-order valence-electron chi connectivity index (χ1n) is 14.5. The molecule has 0 aliphatic heterocycles. The number of rotatable bonds is 3. The quantitative estimate of drug-likeness (QED) is 0.213. The third-order valence-corrected chi connectivity index (χ3v) is 8.69. The molecule has 0 saturated carbocycles. The van der Waals surface area contributed by atoms with Gasteiger partial charge >= 0.3 is 0 Å². The van der Waals surface area contributed by atoms with Crippen molar-refractivity contribution in [3.63, 3.8) is 0 Å². The van der Waals surface area contributed by atoms with Gasteiger partial charge in [-0.3, -0.25) is 0 Å². The summed E-state index contributed by atoms with van der Waals surface area (Å²) in [4.78, 5) is 0. The number of fused-ring (bicyclic) bond motifs is 8. The molecule has 0 aliphatic rings. The van der Waals surface area contributed by atoms with Crippen molar-refractivity contribution in [3.8, 4) is 22.5 Å². The SMILES string of the molecule is c1ccc(-n2c3ccccc3c3c4c5ccccc5n(-c5ccccc5-c5ccc6ccccc6c5)c4ccc32)cc1. The van der Waals surface area contributed by atoms with E-state index in [9.17, 15) is 0 Å². The molecule has 0 amide bonds. The summed E-state index contributed by atoms with van der Waals surface area (Å²) >= 11 is 0. The Bertz CT molecular complexity index is 2460. The topological polar surface area (TPSA) is 9.86 Å². The first kappa shape index (κ1) is 23.1. The van der Waals surface area contributed by atoms with Gasteiger partial charge in [0.25, 0.3) is 0 Å². The third-order valence-electron chi connectivity index (χ3n) is 8.69. The van der Waals surface area contributed by atoms with Crippen LogP contribution in [0.15, 0.2) is 158 Å². The maximum Gasteiger partial charge on any atom is 0.0549 e. The van der Waals surface area contributed by atoms with Crippen LogP contribution in [0.5, 0.6) is 0 Å². The Kier molecular flexibility index (Phi) is 4.93. The van der Waals surface area contributed by atoms with Gasteiger partial charge < -0.3 is 9.13 Å². The largest absolute Gasteiger partial charge is 0.309 e. The van der Waals surface area contributed by atoms with Crippen molar-refractivity contribution < 1.29 is 0 Å². The van der Waals surface area contributed by atoms with Gasteiger partial charge in [-0.15, -0.1) is 0 Å². The van der Waals surface area contributed by atoms with Crippen LogP contribution in [0.1, 0.15) is 0 Å². The summed E-state index contributed by atoms with van der Waals surface area (Å²) in [6.45, 7) is 0. The van der Waals surface area contributed by atoms with Crippen molar-refractivity contribution >= 4 is 54.4 Å². The normalized spacial score (nSPS) is 11.8. The summed E-state index contributed by atoms with van der Waals surface area (Å²) < 4.78 is 4.86. The molecule has 9 aromatic rings. The lowest BCUT2D eigenvalue weighted by atomic mass is 9.99. The van der Waals surface area contributed by atoms with Crippen LogP contribution in [-0.4, -0.2) is 9.13 Å². The summed E-state index contributed by atoms with van der Waals surface area (Å²) in [5.41, 5.74) is 9.67. The Labute approximate surface area is 243 Å². The second-order valence-electron chi connectivity index (χ2n) is 11.0. The molecular weight excluding hydrogens is 508 g/mol. The molecule has 2 nitrogen and oxygen atoms in total. The molecule has 9 rings (SSSR count). The van der Waals surface area contributed by atoms with Gasteiger partial charge in [0.1, 0.15) is 0 Å². The highest BCUT2D eigenvalue weighted by molar-refractivity contribution is 6.29. The van der Waals surface area contributed by atoms with E-state index in [2.05, 4.69) is 167 Å². The maximum atomic E-state index is 2.46. The summed E-state index contributed by atoms with van der Waals surface area (Å²) in [6, 6.07) is 57.2. The first-order valence-corrected chi connectivity index (χ1v) is 14.5. The number of nitrogens with zero attached hydrogens (tertiary/aromatic N) is 2. The van der Waals surface area contributed by atoms with Gasteiger partial charge in [-0.25, -0.2) is 0 Å². The van der Waals surface area contributed by atoms with Crippen molar-refractivity contribution in [2.75, 3.05) is 0 Å². The number of hydrogen-bond donors (Lipinski definition) is 0. The lowest BCUT2D eigenvalue weighted by Crippen LogP contribution is -1.97. The number of para-hydroxylation sites is 4. The zero-order valence-corrected chi connectivity index (χ0v) is 22.9. The van der Waals surface area contributed by atoms with E-state index in [0.29, 0.717) is 0 Å². The summed E-state index contributed by atoms with van der Waals surface area (Å²) in [5.74, 6) is 0. The fourth-order valence-corrected chi connectivity index (χ4v) is 6.90. The van der Waals surface area contributed by atoms with E-state index < -0.39 is 0 Å². The Morgan fingerprint density at radius 3 is 1.69 bits per heavy atom. The van der Waals surface area contributed by atoms with E-state index >= 15 is 0 Å². The number of aromatic nitrogens is 2. The molecule has 0 saturated heterocycles. The van der Waals surface area contributed by atoms with Crippen molar-refractivity contribution in [2.45, 2.75) is 0 Å². The highest BCUT2D eigenvalue weighted by Gasteiger charge is 2.21. The van der Waals surface area contributed by atoms with Gasteiger partial charge in [-0.2, -0.15) is 0 Å². The number of benzene rings is 7. The predicted molar refractivity (Wildman–Crippen MR) is 178 cm³/mol. The molecule has 2 aromatic heterocycles. The molecule has 2 heteroatoms. The van der Waals surface area contributed by atoms with E-state index in [0.717, 1.165) is 0 Å². The second kappa shape index (κ2) is 8.95. The molecule has 42 heavy (non-hydrogen) atoms. The van der Waals surface area contributed by atoms with Crippen molar-refractivity contribution in [1.29, 1.82) is 0 Å². The Morgan fingerprint density at radius 2 is 0.929 bits per heavy atom. The van der Waals surface area contributed by atoms with Crippen LogP contribution in [0.4, 0.5) is 0 Å². The fourth-order valence-electron chi connectivity index (χ4n) is 6.90. The molecule has 0 aliphatic carbocycles. The minimum absolute atomic E-state index is 1.17. The third kappa shape index (κ3) is 3.27. The average molecular weight is 535 g/mol. The lowest BCUT2D eigenvalue weighted by molar-refractivity contribution is 1.17. The molecule has 0 N–H and O–H groups in total. The monoisotopic (exact) mass is 534 g/mol. The molecule has 0 spiro atoms. The van der Waals surface area contributed by atoms with Gasteiger partial charge in [0.05, 0.1) is 27.8 Å². The molecule has 196 valence electrons. The molecule has 0 atom stereocenters. The van der Waals surface area contributed by atoms with Crippen LogP contribution >= 0.6 is 0 Å². The highest BCUT2D eigenvalue weighted by atomic mass is 15.0. The standard InChI is InChI=1S/C40H26N2/c1-2-14-30(15-3-1)41-35-20-10-7-17-32(35)39-37(41)24-25-38-40(39)33-18-8-11-21-36(33)42(38)34-19-9-6-16-31(34)29-23-22-27-12-4-5-13-28(27)26-29/h1-26H. The molecule has 7 aromatic carbocycles. The summed E-state index contributed by atoms with van der Waals surface area (Å²) in [6.07, 6.45) is 0. The van der Waals surface area contributed by atoms with Gasteiger partial charge in [-0.05, 0) is 64.9 Å².